The summed E-state index contributed by atoms with van der Waals surface area (Å²) in [5.74, 6) is -2.02. The summed E-state index contributed by atoms with van der Waals surface area (Å²) in [6.07, 6.45) is -0.0193. The zero-order valence-corrected chi connectivity index (χ0v) is 11.8. The Morgan fingerprint density at radius 2 is 2.15 bits per heavy atom. The van der Waals surface area contributed by atoms with Crippen LogP contribution in [0.1, 0.15) is 6.42 Å². The second-order valence-corrected chi connectivity index (χ2v) is 6.94. The molecule has 3 N–H and O–H groups in total. The number of nitrogens with two attached hydrogens (primary N) is 1. The molecular weight excluding hydrogens is 311 g/mol. The summed E-state index contributed by atoms with van der Waals surface area (Å²) < 4.78 is 38.8. The van der Waals surface area contributed by atoms with E-state index in [-0.39, 0.29) is 24.5 Å². The number of benzene rings is 1. The number of rotatable bonds is 3. The Bertz CT molecular complexity index is 666. The molecule has 1 atom stereocenters. The lowest BCUT2D eigenvalue weighted by molar-refractivity contribution is -0.142. The molecule has 1 aromatic carbocycles. The van der Waals surface area contributed by atoms with Gasteiger partial charge in [0.15, 0.2) is 0 Å². The first-order valence-corrected chi connectivity index (χ1v) is 7.46. The first kappa shape index (κ1) is 15.2. The normalized spacial score (nSPS) is 23.9. The van der Waals surface area contributed by atoms with Crippen LogP contribution in [0.2, 0.25) is 5.02 Å². The van der Waals surface area contributed by atoms with Crippen molar-refractivity contribution < 1.29 is 22.7 Å². The van der Waals surface area contributed by atoms with Crippen molar-refractivity contribution >= 4 is 27.6 Å². The van der Waals surface area contributed by atoms with Gasteiger partial charge in [0.05, 0.1) is 5.02 Å². The van der Waals surface area contributed by atoms with Crippen molar-refractivity contribution in [2.45, 2.75) is 16.9 Å². The highest BCUT2D eigenvalue weighted by molar-refractivity contribution is 7.89. The quantitative estimate of drug-likeness (QED) is 0.851. The minimum atomic E-state index is -4.08. The molecule has 1 heterocycles. The molecule has 1 fully saturated rings. The van der Waals surface area contributed by atoms with Crippen molar-refractivity contribution in [1.82, 2.24) is 4.31 Å². The lowest BCUT2D eigenvalue weighted by Gasteiger charge is -2.20. The topological polar surface area (TPSA) is 101 Å². The molecule has 6 nitrogen and oxygen atoms in total. The number of halogens is 2. The van der Waals surface area contributed by atoms with Crippen molar-refractivity contribution in [2.24, 2.45) is 5.73 Å². The standard InChI is InChI=1S/C11H12ClFN2O4S/c12-8-2-1-7(13)5-9(8)20(18,19)15-4-3-11(14,6-15)10(16)17/h1-2,5H,3-4,6,14H2,(H,16,17). The summed E-state index contributed by atoms with van der Waals surface area (Å²) in [5.41, 5.74) is 3.99. The van der Waals surface area contributed by atoms with E-state index in [0.717, 1.165) is 22.5 Å². The molecule has 0 amide bonds. The van der Waals surface area contributed by atoms with Gasteiger partial charge in [-0.1, -0.05) is 11.6 Å². The van der Waals surface area contributed by atoms with E-state index in [0.29, 0.717) is 0 Å². The highest BCUT2D eigenvalue weighted by Gasteiger charge is 2.46. The van der Waals surface area contributed by atoms with Gasteiger partial charge in [0.1, 0.15) is 16.3 Å². The Hall–Kier alpha value is -1.22. The molecule has 1 aromatic rings. The van der Waals surface area contributed by atoms with Crippen LogP contribution in [0.4, 0.5) is 4.39 Å². The van der Waals surface area contributed by atoms with Gasteiger partial charge in [-0.05, 0) is 24.6 Å². The van der Waals surface area contributed by atoms with Crippen LogP contribution in [0.5, 0.6) is 0 Å². The van der Waals surface area contributed by atoms with E-state index >= 15 is 0 Å². The third-order valence-corrected chi connectivity index (χ3v) is 5.53. The molecule has 0 aliphatic carbocycles. The van der Waals surface area contributed by atoms with E-state index in [1.165, 1.54) is 0 Å². The van der Waals surface area contributed by atoms with Crippen LogP contribution in [0.25, 0.3) is 0 Å². The molecule has 0 saturated carbocycles. The van der Waals surface area contributed by atoms with Crippen molar-refractivity contribution in [3.8, 4) is 0 Å². The van der Waals surface area contributed by atoms with Crippen LogP contribution in [0.3, 0.4) is 0 Å². The summed E-state index contributed by atoms with van der Waals surface area (Å²) in [6, 6.07) is 2.97. The second kappa shape index (κ2) is 4.96. The number of hydrogen-bond acceptors (Lipinski definition) is 4. The van der Waals surface area contributed by atoms with Gasteiger partial charge in [-0.2, -0.15) is 4.31 Å². The number of nitrogens with zero attached hydrogens (tertiary/aromatic N) is 1. The molecule has 1 aliphatic rings. The van der Waals surface area contributed by atoms with Crippen LogP contribution in [-0.4, -0.2) is 42.4 Å². The monoisotopic (exact) mass is 322 g/mol. The van der Waals surface area contributed by atoms with Crippen LogP contribution >= 0.6 is 11.6 Å². The van der Waals surface area contributed by atoms with Gasteiger partial charge in [-0.15, -0.1) is 0 Å². The van der Waals surface area contributed by atoms with Crippen LogP contribution in [0.15, 0.2) is 23.1 Å². The predicted octanol–water partition coefficient (Wildman–Crippen LogP) is 0.656. The molecule has 0 bridgehead atoms. The molecule has 0 spiro atoms. The molecule has 110 valence electrons. The average molecular weight is 323 g/mol. The highest BCUT2D eigenvalue weighted by Crippen LogP contribution is 2.30. The van der Waals surface area contributed by atoms with E-state index in [4.69, 9.17) is 22.4 Å². The van der Waals surface area contributed by atoms with Crippen molar-refractivity contribution in [3.05, 3.63) is 29.0 Å². The number of carboxylic acid groups (broad SMARTS) is 1. The van der Waals surface area contributed by atoms with E-state index in [9.17, 15) is 17.6 Å². The third-order valence-electron chi connectivity index (χ3n) is 3.20. The Balaban J connectivity index is 2.38. The van der Waals surface area contributed by atoms with Gasteiger partial charge >= 0.3 is 5.97 Å². The van der Waals surface area contributed by atoms with Gasteiger partial charge in [0.25, 0.3) is 0 Å². The predicted molar refractivity (Wildman–Crippen MR) is 69.3 cm³/mol. The molecule has 9 heteroatoms. The number of carboxylic acids is 1. The molecule has 1 saturated heterocycles. The minimum Gasteiger partial charge on any atom is -0.480 e. The Morgan fingerprint density at radius 3 is 2.70 bits per heavy atom. The van der Waals surface area contributed by atoms with Crippen molar-refractivity contribution in [3.63, 3.8) is 0 Å². The number of hydrogen-bond donors (Lipinski definition) is 2. The van der Waals surface area contributed by atoms with Crippen LogP contribution < -0.4 is 5.73 Å². The zero-order chi connectivity index (χ0) is 15.1. The van der Waals surface area contributed by atoms with Crippen molar-refractivity contribution in [1.29, 1.82) is 0 Å². The fourth-order valence-electron chi connectivity index (χ4n) is 1.99. The summed E-state index contributed by atoms with van der Waals surface area (Å²) in [7, 11) is -4.08. The molecule has 1 unspecified atom stereocenters. The largest absolute Gasteiger partial charge is 0.480 e. The fourth-order valence-corrected chi connectivity index (χ4v) is 3.99. The first-order valence-electron chi connectivity index (χ1n) is 5.64. The van der Waals surface area contributed by atoms with Gasteiger partial charge in [-0.3, -0.25) is 4.79 Å². The fraction of sp³-hybridized carbons (Fsp3) is 0.364. The molecule has 1 aliphatic heterocycles. The Morgan fingerprint density at radius 1 is 1.50 bits per heavy atom. The molecule has 20 heavy (non-hydrogen) atoms. The lowest BCUT2D eigenvalue weighted by Crippen LogP contribution is -2.50. The highest BCUT2D eigenvalue weighted by atomic mass is 35.5. The average Bonchev–Trinajstić information content (AvgIpc) is 2.77. The SMILES string of the molecule is NC1(C(=O)O)CCN(S(=O)(=O)c2cc(F)ccc2Cl)C1. The number of aliphatic carboxylic acids is 1. The minimum absolute atomic E-state index is 0.0193. The van der Waals surface area contributed by atoms with E-state index in [1.54, 1.807) is 0 Å². The van der Waals surface area contributed by atoms with E-state index in [2.05, 4.69) is 0 Å². The van der Waals surface area contributed by atoms with E-state index < -0.39 is 32.2 Å². The summed E-state index contributed by atoms with van der Waals surface area (Å²) in [4.78, 5) is 10.6. The Kier molecular flexibility index (Phi) is 3.76. The molecule has 2 rings (SSSR count). The maximum atomic E-state index is 13.2. The number of carbonyl (C=O) groups is 1. The van der Waals surface area contributed by atoms with Gasteiger partial charge < -0.3 is 10.8 Å². The Labute approximate surface area is 120 Å². The third kappa shape index (κ3) is 2.51. The zero-order valence-electron chi connectivity index (χ0n) is 10.2. The summed E-state index contributed by atoms with van der Waals surface area (Å²) in [5, 5.41) is 8.86. The second-order valence-electron chi connectivity index (χ2n) is 4.62. The molecule has 0 radical (unpaired) electrons. The molecule has 0 aromatic heterocycles. The van der Waals surface area contributed by atoms with Gasteiger partial charge in [0, 0.05) is 13.1 Å². The maximum Gasteiger partial charge on any atom is 0.325 e. The van der Waals surface area contributed by atoms with Crippen molar-refractivity contribution in [2.75, 3.05) is 13.1 Å². The summed E-state index contributed by atoms with van der Waals surface area (Å²) >= 11 is 5.77. The van der Waals surface area contributed by atoms with Gasteiger partial charge in [0.2, 0.25) is 10.0 Å². The van der Waals surface area contributed by atoms with Gasteiger partial charge in [-0.25, -0.2) is 12.8 Å². The lowest BCUT2D eigenvalue weighted by atomic mass is 10.0. The smallest absolute Gasteiger partial charge is 0.325 e. The summed E-state index contributed by atoms with van der Waals surface area (Å²) in [6.45, 7) is -0.435. The maximum absolute atomic E-state index is 13.2. The van der Waals surface area contributed by atoms with E-state index in [1.807, 2.05) is 0 Å². The van der Waals surface area contributed by atoms with Crippen LogP contribution in [-0.2, 0) is 14.8 Å². The number of sulfonamides is 1. The molecular formula is C11H12ClFN2O4S. The van der Waals surface area contributed by atoms with Crippen LogP contribution in [0, 0.1) is 5.82 Å². The first-order chi connectivity index (χ1) is 9.17.